The van der Waals surface area contributed by atoms with Gasteiger partial charge in [-0.05, 0) is 115 Å². The summed E-state index contributed by atoms with van der Waals surface area (Å²) in [4.78, 5) is 34.4. The number of unbranched alkanes of at least 4 members (excludes halogenated alkanes) is 2. The van der Waals surface area contributed by atoms with Crippen molar-refractivity contribution in [3.63, 3.8) is 0 Å². The molecule has 1 atom stereocenters. The molecule has 1 aliphatic carbocycles. The summed E-state index contributed by atoms with van der Waals surface area (Å²) in [6, 6.07) is 6.35. The number of piperidine rings is 2. The maximum Gasteiger partial charge on any atom is 0.222 e. The standard InChI is InChI=1S/C31H38Br2ClN3O2/c32-24-17-23-10-9-22-18-25(34)19-26(33)29(22)30(31(23)35-20-24)21-11-15-37(16-12-21)28(39)8-4-1-3-7-27(38)36-13-5-2-6-14-36/h17-21,30H,1-16H2/t30-/m1/s1. The summed E-state index contributed by atoms with van der Waals surface area (Å²) in [6.45, 7) is 3.42. The molecule has 2 aliphatic heterocycles. The van der Waals surface area contributed by atoms with Gasteiger partial charge >= 0.3 is 0 Å². The van der Waals surface area contributed by atoms with Crippen LogP contribution in [0.4, 0.5) is 0 Å². The SMILES string of the molecule is O=C(CCCCCC(=O)N1CCC([C@H]2c3ncc(Br)cc3CCc3cc(Cl)cc(Br)c32)CC1)N1CCCCC1. The number of carbonyl (C=O) groups is 2. The van der Waals surface area contributed by atoms with E-state index in [4.69, 9.17) is 16.6 Å². The molecular weight excluding hydrogens is 642 g/mol. The van der Waals surface area contributed by atoms with Gasteiger partial charge in [0.05, 0.1) is 5.69 Å². The number of halogens is 3. The summed E-state index contributed by atoms with van der Waals surface area (Å²) < 4.78 is 2.07. The highest BCUT2D eigenvalue weighted by Gasteiger charge is 2.36. The first-order chi connectivity index (χ1) is 18.9. The Morgan fingerprint density at radius 2 is 1.49 bits per heavy atom. The fourth-order valence-corrected chi connectivity index (χ4v) is 8.20. The first-order valence-corrected chi connectivity index (χ1v) is 16.5. The lowest BCUT2D eigenvalue weighted by atomic mass is 9.76. The Morgan fingerprint density at radius 1 is 0.846 bits per heavy atom. The number of hydrogen-bond donors (Lipinski definition) is 0. The van der Waals surface area contributed by atoms with Gasteiger partial charge in [0.25, 0.3) is 0 Å². The van der Waals surface area contributed by atoms with E-state index < -0.39 is 0 Å². The van der Waals surface area contributed by atoms with E-state index in [1.54, 1.807) is 0 Å². The van der Waals surface area contributed by atoms with E-state index in [0.29, 0.717) is 24.7 Å². The van der Waals surface area contributed by atoms with Crippen LogP contribution in [-0.2, 0) is 22.4 Å². The van der Waals surface area contributed by atoms with E-state index in [-0.39, 0.29) is 11.8 Å². The van der Waals surface area contributed by atoms with Gasteiger partial charge < -0.3 is 9.80 Å². The second kappa shape index (κ2) is 13.5. The largest absolute Gasteiger partial charge is 0.343 e. The van der Waals surface area contributed by atoms with Gasteiger partial charge in [-0.2, -0.15) is 0 Å². The van der Waals surface area contributed by atoms with Crippen molar-refractivity contribution < 1.29 is 9.59 Å². The topological polar surface area (TPSA) is 53.5 Å². The van der Waals surface area contributed by atoms with Crippen LogP contribution in [0.15, 0.2) is 33.3 Å². The van der Waals surface area contributed by atoms with Crippen LogP contribution < -0.4 is 0 Å². The van der Waals surface area contributed by atoms with Gasteiger partial charge in [0.15, 0.2) is 0 Å². The number of carbonyl (C=O) groups excluding carboxylic acids is 2. The number of benzene rings is 1. The molecule has 0 unspecified atom stereocenters. The van der Waals surface area contributed by atoms with Crippen LogP contribution in [0.3, 0.4) is 0 Å². The maximum atomic E-state index is 13.0. The van der Waals surface area contributed by atoms with Crippen LogP contribution in [0.1, 0.15) is 92.5 Å². The maximum absolute atomic E-state index is 13.0. The van der Waals surface area contributed by atoms with Crippen molar-refractivity contribution in [2.24, 2.45) is 5.92 Å². The van der Waals surface area contributed by atoms with E-state index in [0.717, 1.165) is 97.9 Å². The van der Waals surface area contributed by atoms with Crippen molar-refractivity contribution in [2.75, 3.05) is 26.2 Å². The lowest BCUT2D eigenvalue weighted by molar-refractivity contribution is -0.132. The molecule has 0 N–H and O–H groups in total. The van der Waals surface area contributed by atoms with Gasteiger partial charge in [-0.1, -0.05) is 34.0 Å². The highest BCUT2D eigenvalue weighted by atomic mass is 79.9. The van der Waals surface area contributed by atoms with E-state index in [1.807, 2.05) is 17.2 Å². The first kappa shape index (κ1) is 29.1. The third-order valence-corrected chi connectivity index (χ3v) is 10.1. The summed E-state index contributed by atoms with van der Waals surface area (Å²) in [5.74, 6) is 1.15. The van der Waals surface area contributed by atoms with Crippen molar-refractivity contribution in [1.29, 1.82) is 0 Å². The van der Waals surface area contributed by atoms with Crippen molar-refractivity contribution in [1.82, 2.24) is 14.8 Å². The van der Waals surface area contributed by atoms with Crippen molar-refractivity contribution >= 4 is 55.3 Å². The smallest absolute Gasteiger partial charge is 0.222 e. The number of amides is 2. The molecule has 1 aromatic heterocycles. The predicted molar refractivity (Wildman–Crippen MR) is 163 cm³/mol. The monoisotopic (exact) mass is 677 g/mol. The van der Waals surface area contributed by atoms with Gasteiger partial charge in [-0.15, -0.1) is 0 Å². The average Bonchev–Trinajstić information content (AvgIpc) is 3.10. The van der Waals surface area contributed by atoms with Crippen LogP contribution in [0.2, 0.25) is 5.02 Å². The third kappa shape index (κ3) is 7.08. The number of hydrogen-bond acceptors (Lipinski definition) is 3. The number of aryl methyl sites for hydroxylation is 2. The molecule has 3 heterocycles. The van der Waals surface area contributed by atoms with Crippen LogP contribution in [-0.4, -0.2) is 52.8 Å². The number of fused-ring (bicyclic) bond motifs is 2. The molecule has 0 radical (unpaired) electrons. The Kier molecular flexibility index (Phi) is 10.0. The van der Waals surface area contributed by atoms with Gasteiger partial charge in [0.1, 0.15) is 0 Å². The Bertz CT molecular complexity index is 1190. The molecule has 0 spiro atoms. The van der Waals surface area contributed by atoms with Crippen molar-refractivity contribution in [3.05, 3.63) is 60.7 Å². The molecule has 8 heteroatoms. The number of aromatic nitrogens is 1. The normalized spacial score (nSPS) is 19.8. The van der Waals surface area contributed by atoms with Crippen LogP contribution >= 0.6 is 43.5 Å². The van der Waals surface area contributed by atoms with E-state index in [9.17, 15) is 9.59 Å². The summed E-state index contributed by atoms with van der Waals surface area (Å²) in [5, 5.41) is 0.760. The van der Waals surface area contributed by atoms with Crippen molar-refractivity contribution in [3.8, 4) is 0 Å². The molecule has 5 nitrogen and oxygen atoms in total. The second-order valence-corrected chi connectivity index (χ2v) is 13.6. The Morgan fingerprint density at radius 3 is 2.18 bits per heavy atom. The molecule has 0 saturated carbocycles. The molecule has 2 aromatic rings. The van der Waals surface area contributed by atoms with Gasteiger partial charge in [-0.25, -0.2) is 0 Å². The van der Waals surface area contributed by atoms with Crippen LogP contribution in [0.25, 0.3) is 0 Å². The lowest BCUT2D eigenvalue weighted by Gasteiger charge is -2.37. The molecule has 210 valence electrons. The number of rotatable bonds is 7. The summed E-state index contributed by atoms with van der Waals surface area (Å²) in [5.41, 5.74) is 5.08. The third-order valence-electron chi connectivity index (χ3n) is 8.77. The first-order valence-electron chi connectivity index (χ1n) is 14.6. The quantitative estimate of drug-likeness (QED) is 0.282. The fraction of sp³-hybridized carbons (Fsp3) is 0.581. The zero-order chi connectivity index (χ0) is 27.4. The number of pyridine rings is 1. The number of nitrogens with zero attached hydrogens (tertiary/aromatic N) is 3. The molecule has 2 amide bonds. The summed E-state index contributed by atoms with van der Waals surface area (Å²) >= 11 is 13.9. The van der Waals surface area contributed by atoms with Gasteiger partial charge in [0.2, 0.25) is 11.8 Å². The summed E-state index contributed by atoms with van der Waals surface area (Å²) in [6.07, 6.45) is 13.1. The van der Waals surface area contributed by atoms with Crippen LogP contribution in [0, 0.1) is 5.92 Å². The van der Waals surface area contributed by atoms with E-state index >= 15 is 0 Å². The van der Waals surface area contributed by atoms with Crippen LogP contribution in [0.5, 0.6) is 0 Å². The van der Waals surface area contributed by atoms with Gasteiger partial charge in [0, 0.05) is 65.1 Å². The zero-order valence-electron chi connectivity index (χ0n) is 22.6. The minimum Gasteiger partial charge on any atom is -0.343 e. The van der Waals surface area contributed by atoms with Gasteiger partial charge in [-0.3, -0.25) is 14.6 Å². The Balaban J connectivity index is 1.17. The average molecular weight is 680 g/mol. The molecule has 39 heavy (non-hydrogen) atoms. The molecule has 2 fully saturated rings. The lowest BCUT2D eigenvalue weighted by Crippen LogP contribution is -2.40. The molecule has 2 saturated heterocycles. The highest BCUT2D eigenvalue weighted by molar-refractivity contribution is 9.10. The summed E-state index contributed by atoms with van der Waals surface area (Å²) in [7, 11) is 0. The Hall–Kier alpha value is -1.44. The molecule has 3 aliphatic rings. The van der Waals surface area contributed by atoms with E-state index in [1.165, 1.54) is 28.8 Å². The zero-order valence-corrected chi connectivity index (χ0v) is 26.5. The second-order valence-electron chi connectivity index (χ2n) is 11.4. The fourth-order valence-electron chi connectivity index (χ4n) is 6.70. The molecule has 5 rings (SSSR count). The minimum atomic E-state index is 0.187. The minimum absolute atomic E-state index is 0.187. The van der Waals surface area contributed by atoms with Crippen molar-refractivity contribution in [2.45, 2.75) is 83.0 Å². The molecule has 0 bridgehead atoms. The Labute approximate surface area is 254 Å². The van der Waals surface area contributed by atoms with E-state index in [2.05, 4.69) is 48.9 Å². The molecule has 1 aromatic carbocycles. The molecular formula is C31H38Br2ClN3O2. The highest BCUT2D eigenvalue weighted by Crippen LogP contribution is 2.46. The predicted octanol–water partition coefficient (Wildman–Crippen LogP) is 7.69. The number of likely N-dealkylation sites (tertiary alicyclic amines) is 2.